The summed E-state index contributed by atoms with van der Waals surface area (Å²) in [6.07, 6.45) is 4.30. The van der Waals surface area contributed by atoms with E-state index in [0.717, 1.165) is 22.6 Å². The van der Waals surface area contributed by atoms with Gasteiger partial charge in [0, 0.05) is 13.0 Å². The van der Waals surface area contributed by atoms with E-state index in [1.165, 1.54) is 6.33 Å². The molecule has 0 aliphatic heterocycles. The molecule has 3 aromatic rings. The number of nitrogens with one attached hydrogen (secondary N) is 1. The van der Waals surface area contributed by atoms with Gasteiger partial charge in [-0.1, -0.05) is 24.3 Å². The molecule has 0 aliphatic rings. The summed E-state index contributed by atoms with van der Waals surface area (Å²) in [7, 11) is 1.63. The molecular formula is C21H24N4O3. The highest BCUT2D eigenvalue weighted by molar-refractivity contribution is 5.75. The van der Waals surface area contributed by atoms with Crippen LogP contribution in [0, 0.1) is 0 Å². The van der Waals surface area contributed by atoms with Crippen molar-refractivity contribution in [2.45, 2.75) is 25.9 Å². The summed E-state index contributed by atoms with van der Waals surface area (Å²) in [5, 5.41) is 7.03. The van der Waals surface area contributed by atoms with Crippen LogP contribution in [0.5, 0.6) is 11.5 Å². The van der Waals surface area contributed by atoms with Crippen LogP contribution >= 0.6 is 0 Å². The fourth-order valence-corrected chi connectivity index (χ4v) is 2.65. The van der Waals surface area contributed by atoms with E-state index in [1.54, 1.807) is 18.1 Å². The van der Waals surface area contributed by atoms with Crippen molar-refractivity contribution in [2.75, 3.05) is 13.7 Å². The van der Waals surface area contributed by atoms with E-state index in [1.807, 2.05) is 48.5 Å². The second kappa shape index (κ2) is 10.1. The lowest BCUT2D eigenvalue weighted by Gasteiger charge is -2.08. The molecule has 146 valence electrons. The maximum Gasteiger partial charge on any atom is 0.220 e. The van der Waals surface area contributed by atoms with Gasteiger partial charge in [-0.15, -0.1) is 0 Å². The molecule has 3 rings (SSSR count). The van der Waals surface area contributed by atoms with Crippen LogP contribution < -0.4 is 14.8 Å². The lowest BCUT2D eigenvalue weighted by molar-refractivity contribution is -0.121. The lowest BCUT2D eigenvalue weighted by atomic mass is 10.1. The maximum absolute atomic E-state index is 12.0. The molecule has 0 fully saturated rings. The van der Waals surface area contributed by atoms with E-state index in [0.29, 0.717) is 32.5 Å². The molecule has 1 aromatic heterocycles. The molecule has 1 heterocycles. The van der Waals surface area contributed by atoms with Gasteiger partial charge in [0.2, 0.25) is 5.91 Å². The number of nitrogens with zero attached hydrogens (tertiary/aromatic N) is 3. The number of hydrogen-bond acceptors (Lipinski definition) is 5. The number of ether oxygens (including phenoxy) is 2. The van der Waals surface area contributed by atoms with Crippen molar-refractivity contribution in [1.29, 1.82) is 0 Å². The first kappa shape index (κ1) is 19.4. The summed E-state index contributed by atoms with van der Waals surface area (Å²) < 4.78 is 12.5. The van der Waals surface area contributed by atoms with Gasteiger partial charge in [0.05, 0.1) is 20.3 Å². The van der Waals surface area contributed by atoms with E-state index >= 15 is 0 Å². The minimum atomic E-state index is 0.0185. The topological polar surface area (TPSA) is 78.3 Å². The van der Waals surface area contributed by atoms with Crippen LogP contribution in [0.2, 0.25) is 0 Å². The molecule has 0 spiro atoms. The highest BCUT2D eigenvalue weighted by Gasteiger charge is 2.03. The van der Waals surface area contributed by atoms with Crippen molar-refractivity contribution in [1.82, 2.24) is 20.1 Å². The number of carbonyl (C=O) groups excluding carboxylic acids is 1. The molecule has 0 aliphatic carbocycles. The first-order valence-corrected chi connectivity index (χ1v) is 9.17. The Hall–Kier alpha value is -3.35. The number of amides is 1. The van der Waals surface area contributed by atoms with Gasteiger partial charge < -0.3 is 14.8 Å². The van der Waals surface area contributed by atoms with E-state index in [9.17, 15) is 4.79 Å². The summed E-state index contributed by atoms with van der Waals surface area (Å²) >= 11 is 0. The Bertz CT molecular complexity index is 846. The largest absolute Gasteiger partial charge is 0.497 e. The van der Waals surface area contributed by atoms with Crippen molar-refractivity contribution in [2.24, 2.45) is 0 Å². The number of carbonyl (C=O) groups is 1. The van der Waals surface area contributed by atoms with Gasteiger partial charge in [-0.25, -0.2) is 9.67 Å². The summed E-state index contributed by atoms with van der Waals surface area (Å²) in [6.45, 7) is 1.69. The van der Waals surface area contributed by atoms with E-state index in [-0.39, 0.29) is 5.91 Å². The normalized spacial score (nSPS) is 10.5. The third-order valence-electron chi connectivity index (χ3n) is 4.20. The first-order valence-electron chi connectivity index (χ1n) is 9.17. The fraction of sp³-hybridized carbons (Fsp3) is 0.286. The molecule has 0 bridgehead atoms. The highest BCUT2D eigenvalue weighted by Crippen LogP contribution is 2.17. The fourth-order valence-electron chi connectivity index (χ4n) is 2.65. The van der Waals surface area contributed by atoms with E-state index < -0.39 is 0 Å². The zero-order valence-corrected chi connectivity index (χ0v) is 15.9. The molecule has 0 saturated carbocycles. The summed E-state index contributed by atoms with van der Waals surface area (Å²) in [5.41, 5.74) is 2.20. The predicted octanol–water partition coefficient (Wildman–Crippen LogP) is 2.81. The molecule has 1 amide bonds. The Morgan fingerprint density at radius 3 is 2.43 bits per heavy atom. The van der Waals surface area contributed by atoms with Gasteiger partial charge in [-0.2, -0.15) is 5.10 Å². The third kappa shape index (κ3) is 6.12. The molecule has 0 unspecified atom stereocenters. The van der Waals surface area contributed by atoms with Crippen LogP contribution in [0.1, 0.15) is 24.0 Å². The summed E-state index contributed by atoms with van der Waals surface area (Å²) in [5.74, 6) is 1.58. The quantitative estimate of drug-likeness (QED) is 0.547. The molecule has 0 radical (unpaired) electrons. The van der Waals surface area contributed by atoms with Gasteiger partial charge in [0.15, 0.2) is 0 Å². The number of rotatable bonds is 10. The van der Waals surface area contributed by atoms with Crippen LogP contribution in [0.4, 0.5) is 0 Å². The second-order valence-electron chi connectivity index (χ2n) is 6.31. The van der Waals surface area contributed by atoms with Gasteiger partial charge >= 0.3 is 0 Å². The third-order valence-corrected chi connectivity index (χ3v) is 4.20. The number of methoxy groups -OCH3 is 1. The zero-order valence-electron chi connectivity index (χ0n) is 15.9. The van der Waals surface area contributed by atoms with Crippen molar-refractivity contribution in [3.05, 3.63) is 72.3 Å². The van der Waals surface area contributed by atoms with Crippen LogP contribution in [0.3, 0.4) is 0 Å². The molecule has 7 heteroatoms. The average molecular weight is 380 g/mol. The van der Waals surface area contributed by atoms with Gasteiger partial charge in [-0.05, 0) is 41.8 Å². The second-order valence-corrected chi connectivity index (χ2v) is 6.31. The minimum Gasteiger partial charge on any atom is -0.497 e. The molecule has 0 atom stereocenters. The first-order chi connectivity index (χ1) is 13.7. The van der Waals surface area contributed by atoms with Crippen LogP contribution in [0.15, 0.2) is 61.2 Å². The van der Waals surface area contributed by atoms with Gasteiger partial charge in [-0.3, -0.25) is 4.79 Å². The van der Waals surface area contributed by atoms with Crippen LogP contribution in [-0.2, 0) is 17.9 Å². The molecule has 2 aromatic carbocycles. The van der Waals surface area contributed by atoms with Crippen molar-refractivity contribution < 1.29 is 14.3 Å². The Kier molecular flexibility index (Phi) is 7.01. The lowest BCUT2D eigenvalue weighted by Crippen LogP contribution is -2.23. The number of aromatic nitrogens is 3. The molecule has 7 nitrogen and oxygen atoms in total. The average Bonchev–Trinajstić information content (AvgIpc) is 3.24. The minimum absolute atomic E-state index is 0.0185. The van der Waals surface area contributed by atoms with Crippen molar-refractivity contribution in [3.8, 4) is 11.5 Å². The summed E-state index contributed by atoms with van der Waals surface area (Å²) in [6, 6.07) is 15.5. The van der Waals surface area contributed by atoms with E-state index in [4.69, 9.17) is 9.47 Å². The van der Waals surface area contributed by atoms with Crippen molar-refractivity contribution in [3.63, 3.8) is 0 Å². The van der Waals surface area contributed by atoms with Gasteiger partial charge in [0.25, 0.3) is 0 Å². The number of hydrogen-bond donors (Lipinski definition) is 1. The SMILES string of the molecule is COc1ccc(OCCCC(=O)NCc2ccc(Cn3cncn3)cc2)cc1. The monoisotopic (exact) mass is 380 g/mol. The summed E-state index contributed by atoms with van der Waals surface area (Å²) in [4.78, 5) is 15.9. The van der Waals surface area contributed by atoms with Crippen LogP contribution in [0.25, 0.3) is 0 Å². The molecule has 0 saturated heterocycles. The predicted molar refractivity (Wildman–Crippen MR) is 105 cm³/mol. The Morgan fingerprint density at radius 1 is 1.04 bits per heavy atom. The van der Waals surface area contributed by atoms with Crippen molar-refractivity contribution >= 4 is 5.91 Å². The van der Waals surface area contributed by atoms with Gasteiger partial charge in [0.1, 0.15) is 24.2 Å². The molecular weight excluding hydrogens is 356 g/mol. The molecule has 28 heavy (non-hydrogen) atoms. The number of benzene rings is 2. The van der Waals surface area contributed by atoms with Crippen LogP contribution in [-0.4, -0.2) is 34.4 Å². The Labute approximate surface area is 164 Å². The smallest absolute Gasteiger partial charge is 0.220 e. The standard InChI is InChI=1S/C21H24N4O3/c1-27-19-8-10-20(11-9-19)28-12-2-3-21(26)23-13-17-4-6-18(7-5-17)14-25-16-22-15-24-25/h4-11,15-16H,2-3,12-14H2,1H3,(H,23,26). The molecule has 1 N–H and O–H groups in total. The Balaban J connectivity index is 1.32. The Morgan fingerprint density at radius 2 is 1.75 bits per heavy atom. The maximum atomic E-state index is 12.0. The van der Waals surface area contributed by atoms with E-state index in [2.05, 4.69) is 15.4 Å². The zero-order chi connectivity index (χ0) is 19.6. The highest BCUT2D eigenvalue weighted by atomic mass is 16.5.